The van der Waals surface area contributed by atoms with Crippen LogP contribution in [0.1, 0.15) is 12.8 Å². The van der Waals surface area contributed by atoms with Gasteiger partial charge < -0.3 is 15.3 Å². The average molecular weight is 212 g/mol. The number of nitrogens with zero attached hydrogens (tertiary/aromatic N) is 1. The van der Waals surface area contributed by atoms with Crippen LogP contribution in [-0.2, 0) is 14.4 Å². The van der Waals surface area contributed by atoms with Crippen molar-refractivity contribution >= 4 is 17.8 Å². The number of nitrogens with one attached hydrogen (secondary N) is 1. The second-order valence-corrected chi connectivity index (χ2v) is 3.94. The Bertz CT molecular complexity index is 322. The molecule has 0 aliphatic carbocycles. The predicted octanol–water partition coefficient (Wildman–Crippen LogP) is -1.19. The van der Waals surface area contributed by atoms with Crippen molar-refractivity contribution in [3.05, 3.63) is 0 Å². The summed E-state index contributed by atoms with van der Waals surface area (Å²) in [5.41, 5.74) is 0. The highest BCUT2D eigenvalue weighted by atomic mass is 16.4. The summed E-state index contributed by atoms with van der Waals surface area (Å²) in [6.45, 7) is 0.529. The van der Waals surface area contributed by atoms with Gasteiger partial charge in [0.05, 0.1) is 5.92 Å². The van der Waals surface area contributed by atoms with Gasteiger partial charge in [-0.2, -0.15) is 0 Å². The number of aliphatic carboxylic acids is 1. The molecule has 0 aromatic rings. The van der Waals surface area contributed by atoms with Crippen molar-refractivity contribution in [1.82, 2.24) is 10.2 Å². The quantitative estimate of drug-likeness (QED) is 0.602. The molecule has 1 atom stereocenters. The highest BCUT2D eigenvalue weighted by molar-refractivity contribution is 5.91. The minimum Gasteiger partial charge on any atom is -0.481 e. The van der Waals surface area contributed by atoms with Crippen molar-refractivity contribution < 1.29 is 19.5 Å². The third-order valence-corrected chi connectivity index (χ3v) is 2.84. The minimum atomic E-state index is -0.866. The van der Waals surface area contributed by atoms with Crippen LogP contribution in [0.2, 0.25) is 0 Å². The van der Waals surface area contributed by atoms with Crippen molar-refractivity contribution in [2.45, 2.75) is 18.9 Å². The molecule has 0 spiro atoms. The molecule has 2 rings (SSSR count). The van der Waals surface area contributed by atoms with Crippen LogP contribution in [0.3, 0.4) is 0 Å². The predicted molar refractivity (Wildman–Crippen MR) is 48.9 cm³/mol. The second kappa shape index (κ2) is 3.52. The number of carboxylic acids is 1. The number of carbonyl (C=O) groups is 3. The molecule has 0 bridgehead atoms. The largest absolute Gasteiger partial charge is 0.481 e. The molecule has 0 radical (unpaired) electrons. The van der Waals surface area contributed by atoms with Crippen molar-refractivity contribution in [1.29, 1.82) is 0 Å². The number of hydrogen-bond donors (Lipinski definition) is 2. The van der Waals surface area contributed by atoms with E-state index in [1.165, 1.54) is 4.90 Å². The van der Waals surface area contributed by atoms with Gasteiger partial charge in [0.15, 0.2) is 0 Å². The smallest absolute Gasteiger partial charge is 0.310 e. The van der Waals surface area contributed by atoms with E-state index in [1.54, 1.807) is 0 Å². The third kappa shape index (κ3) is 1.79. The van der Waals surface area contributed by atoms with Crippen LogP contribution in [0.4, 0.5) is 0 Å². The Morgan fingerprint density at radius 2 is 2.07 bits per heavy atom. The lowest BCUT2D eigenvalue weighted by atomic mass is 9.99. The first kappa shape index (κ1) is 9.95. The first-order valence-electron chi connectivity index (χ1n) is 4.89. The maximum absolute atomic E-state index is 11.7. The first-order chi connectivity index (χ1) is 7.08. The maximum Gasteiger partial charge on any atom is 0.310 e. The summed E-state index contributed by atoms with van der Waals surface area (Å²) in [6, 6.07) is -0.438. The molecule has 0 aromatic heterocycles. The van der Waals surface area contributed by atoms with Gasteiger partial charge in [-0.3, -0.25) is 14.4 Å². The molecule has 0 unspecified atom stereocenters. The zero-order valence-corrected chi connectivity index (χ0v) is 8.10. The molecule has 2 amide bonds. The summed E-state index contributed by atoms with van der Waals surface area (Å²) in [5.74, 6) is -1.57. The van der Waals surface area contributed by atoms with Crippen LogP contribution in [-0.4, -0.2) is 46.9 Å². The van der Waals surface area contributed by atoms with E-state index in [4.69, 9.17) is 5.11 Å². The molecule has 2 aliphatic rings. The summed E-state index contributed by atoms with van der Waals surface area (Å²) < 4.78 is 0. The SMILES string of the molecule is O=C1CC[C@@H](C(=O)N2CC(C(=O)O)C2)N1. The average Bonchev–Trinajstić information content (AvgIpc) is 2.48. The molecule has 15 heavy (non-hydrogen) atoms. The van der Waals surface area contributed by atoms with E-state index in [1.807, 2.05) is 0 Å². The lowest BCUT2D eigenvalue weighted by molar-refractivity contribution is -0.153. The van der Waals surface area contributed by atoms with Gasteiger partial charge in [-0.1, -0.05) is 0 Å². The van der Waals surface area contributed by atoms with Crippen LogP contribution in [0, 0.1) is 5.92 Å². The van der Waals surface area contributed by atoms with Crippen LogP contribution in [0.15, 0.2) is 0 Å². The Labute approximate surface area is 86.2 Å². The van der Waals surface area contributed by atoms with Crippen LogP contribution < -0.4 is 5.32 Å². The van der Waals surface area contributed by atoms with Crippen molar-refractivity contribution in [3.8, 4) is 0 Å². The Morgan fingerprint density at radius 3 is 2.53 bits per heavy atom. The van der Waals surface area contributed by atoms with Crippen molar-refractivity contribution in [2.75, 3.05) is 13.1 Å². The van der Waals surface area contributed by atoms with E-state index in [0.717, 1.165) is 0 Å². The van der Waals surface area contributed by atoms with E-state index in [9.17, 15) is 14.4 Å². The Hall–Kier alpha value is -1.59. The van der Waals surface area contributed by atoms with E-state index in [-0.39, 0.29) is 24.9 Å². The van der Waals surface area contributed by atoms with Gasteiger partial charge in [-0.15, -0.1) is 0 Å². The van der Waals surface area contributed by atoms with E-state index < -0.39 is 17.9 Å². The maximum atomic E-state index is 11.7. The summed E-state index contributed by atoms with van der Waals surface area (Å²) >= 11 is 0. The topological polar surface area (TPSA) is 86.7 Å². The molecule has 6 heteroatoms. The van der Waals surface area contributed by atoms with Gasteiger partial charge in [0.1, 0.15) is 6.04 Å². The lowest BCUT2D eigenvalue weighted by Gasteiger charge is -2.38. The van der Waals surface area contributed by atoms with E-state index in [2.05, 4.69) is 5.32 Å². The number of rotatable bonds is 2. The summed E-state index contributed by atoms with van der Waals surface area (Å²) in [7, 11) is 0. The monoisotopic (exact) mass is 212 g/mol. The number of likely N-dealkylation sites (tertiary alicyclic amines) is 1. The zero-order chi connectivity index (χ0) is 11.0. The molecule has 2 heterocycles. The molecular weight excluding hydrogens is 200 g/mol. The van der Waals surface area contributed by atoms with E-state index >= 15 is 0 Å². The molecule has 2 aliphatic heterocycles. The zero-order valence-electron chi connectivity index (χ0n) is 8.10. The Kier molecular flexibility index (Phi) is 2.34. The van der Waals surface area contributed by atoms with Crippen LogP contribution >= 0.6 is 0 Å². The fourth-order valence-corrected chi connectivity index (χ4v) is 1.83. The van der Waals surface area contributed by atoms with Gasteiger partial charge in [0.25, 0.3) is 0 Å². The Morgan fingerprint density at radius 1 is 1.40 bits per heavy atom. The molecule has 2 fully saturated rings. The van der Waals surface area contributed by atoms with Crippen molar-refractivity contribution in [2.24, 2.45) is 5.92 Å². The van der Waals surface area contributed by atoms with Crippen LogP contribution in [0.25, 0.3) is 0 Å². The molecule has 0 aromatic carbocycles. The number of hydrogen-bond acceptors (Lipinski definition) is 3. The lowest BCUT2D eigenvalue weighted by Crippen LogP contribution is -2.57. The minimum absolute atomic E-state index is 0.108. The normalized spacial score (nSPS) is 26.0. The first-order valence-corrected chi connectivity index (χ1v) is 4.89. The fraction of sp³-hybridized carbons (Fsp3) is 0.667. The highest BCUT2D eigenvalue weighted by Crippen LogP contribution is 2.19. The number of carboxylic acid groups (broad SMARTS) is 1. The number of amides is 2. The van der Waals surface area contributed by atoms with Gasteiger partial charge in [-0.05, 0) is 6.42 Å². The summed E-state index contributed by atoms with van der Waals surface area (Å²) in [6.07, 6.45) is 0.901. The van der Waals surface area contributed by atoms with Gasteiger partial charge in [0.2, 0.25) is 11.8 Å². The molecular formula is C9H12N2O4. The molecule has 2 N–H and O–H groups in total. The van der Waals surface area contributed by atoms with E-state index in [0.29, 0.717) is 12.8 Å². The van der Waals surface area contributed by atoms with Gasteiger partial charge >= 0.3 is 5.97 Å². The summed E-state index contributed by atoms with van der Waals surface area (Å²) in [5, 5.41) is 11.2. The van der Waals surface area contributed by atoms with Gasteiger partial charge in [0, 0.05) is 19.5 Å². The summed E-state index contributed by atoms with van der Waals surface area (Å²) in [4.78, 5) is 34.5. The third-order valence-electron chi connectivity index (χ3n) is 2.84. The second-order valence-electron chi connectivity index (χ2n) is 3.94. The standard InChI is InChI=1S/C9H12N2O4/c12-7-2-1-6(10-7)8(13)11-3-5(4-11)9(14)15/h5-6H,1-4H2,(H,10,12)(H,14,15)/t6-/m0/s1. The Balaban J connectivity index is 1.84. The fourth-order valence-electron chi connectivity index (χ4n) is 1.83. The molecule has 6 nitrogen and oxygen atoms in total. The molecule has 82 valence electrons. The van der Waals surface area contributed by atoms with Crippen LogP contribution in [0.5, 0.6) is 0 Å². The molecule has 2 saturated heterocycles. The molecule has 0 saturated carbocycles. The van der Waals surface area contributed by atoms with Crippen molar-refractivity contribution in [3.63, 3.8) is 0 Å². The van der Waals surface area contributed by atoms with Gasteiger partial charge in [-0.25, -0.2) is 0 Å². The highest BCUT2D eigenvalue weighted by Gasteiger charge is 2.39. The number of carbonyl (C=O) groups excluding carboxylic acids is 2.